The monoisotopic (exact) mass is 364 g/mol. The van der Waals surface area contributed by atoms with Gasteiger partial charge in [-0.25, -0.2) is 8.42 Å². The van der Waals surface area contributed by atoms with Crippen LogP contribution in [0.1, 0.15) is 36.3 Å². The van der Waals surface area contributed by atoms with Crippen molar-refractivity contribution in [1.29, 1.82) is 0 Å². The number of hydrogen-bond acceptors (Lipinski definition) is 5. The zero-order valence-electron chi connectivity index (χ0n) is 14.1. The van der Waals surface area contributed by atoms with Crippen LogP contribution in [-0.4, -0.2) is 24.7 Å². The Hall–Kier alpha value is -2.19. The van der Waals surface area contributed by atoms with E-state index in [2.05, 4.69) is 6.92 Å². The number of sulfonamides is 1. The lowest BCUT2D eigenvalue weighted by Crippen LogP contribution is -2.27. The van der Waals surface area contributed by atoms with E-state index in [9.17, 15) is 18.5 Å². The SMILES string of the molecule is C[C@H]1C[C@H]1c1ccc(CN(C)S(=O)(=O)Cc2ccc([N+](=O)[O-])cc2)o1. The smallest absolute Gasteiger partial charge is 0.269 e. The van der Waals surface area contributed by atoms with Gasteiger partial charge in [0.05, 0.1) is 17.2 Å². The van der Waals surface area contributed by atoms with Crippen LogP contribution in [0.25, 0.3) is 0 Å². The Morgan fingerprint density at radius 3 is 2.44 bits per heavy atom. The molecule has 0 radical (unpaired) electrons. The fraction of sp³-hybridized carbons (Fsp3) is 0.412. The number of non-ortho nitro benzene ring substituents is 1. The molecule has 3 rings (SSSR count). The van der Waals surface area contributed by atoms with Gasteiger partial charge in [-0.1, -0.05) is 19.1 Å². The first-order valence-electron chi connectivity index (χ1n) is 8.02. The van der Waals surface area contributed by atoms with Crippen LogP contribution in [0.2, 0.25) is 0 Å². The van der Waals surface area contributed by atoms with Crippen molar-refractivity contribution in [3.05, 3.63) is 63.6 Å². The molecule has 8 heteroatoms. The van der Waals surface area contributed by atoms with Crippen LogP contribution >= 0.6 is 0 Å². The highest BCUT2D eigenvalue weighted by molar-refractivity contribution is 7.88. The van der Waals surface area contributed by atoms with Crippen molar-refractivity contribution in [3.63, 3.8) is 0 Å². The molecule has 0 spiro atoms. The van der Waals surface area contributed by atoms with Crippen molar-refractivity contribution in [2.24, 2.45) is 5.92 Å². The second-order valence-electron chi connectivity index (χ2n) is 6.56. The minimum Gasteiger partial charge on any atom is -0.464 e. The first-order valence-corrected chi connectivity index (χ1v) is 9.63. The Morgan fingerprint density at radius 2 is 1.88 bits per heavy atom. The van der Waals surface area contributed by atoms with Gasteiger partial charge < -0.3 is 4.42 Å². The van der Waals surface area contributed by atoms with Crippen molar-refractivity contribution < 1.29 is 17.8 Å². The number of hydrogen-bond donors (Lipinski definition) is 0. The summed E-state index contributed by atoms with van der Waals surface area (Å²) in [5, 5.41) is 10.7. The summed E-state index contributed by atoms with van der Waals surface area (Å²) in [7, 11) is -2.04. The Balaban J connectivity index is 1.64. The molecule has 1 saturated carbocycles. The molecule has 134 valence electrons. The van der Waals surface area contributed by atoms with Crippen LogP contribution in [0.15, 0.2) is 40.8 Å². The summed E-state index contributed by atoms with van der Waals surface area (Å²) in [4.78, 5) is 10.1. The number of nitro benzene ring substituents is 1. The number of benzene rings is 1. The van der Waals surface area contributed by atoms with Crippen LogP contribution < -0.4 is 0 Å². The topological polar surface area (TPSA) is 93.7 Å². The van der Waals surface area contributed by atoms with Gasteiger partial charge in [0.2, 0.25) is 10.0 Å². The van der Waals surface area contributed by atoms with E-state index >= 15 is 0 Å². The summed E-state index contributed by atoms with van der Waals surface area (Å²) in [6, 6.07) is 9.27. The van der Waals surface area contributed by atoms with Crippen molar-refractivity contribution in [2.45, 2.75) is 31.6 Å². The number of furan rings is 1. The van der Waals surface area contributed by atoms with Crippen LogP contribution in [0.4, 0.5) is 5.69 Å². The van der Waals surface area contributed by atoms with Gasteiger partial charge in [-0.2, -0.15) is 4.31 Å². The first-order chi connectivity index (χ1) is 11.8. The third kappa shape index (κ3) is 4.08. The fourth-order valence-corrected chi connectivity index (χ4v) is 3.91. The standard InChI is InChI=1S/C17H20N2O5S/c1-12-9-16(12)17-8-7-15(24-17)10-18(2)25(22,23)11-13-3-5-14(6-4-13)19(20)21/h3-8,12,16H,9-11H2,1-2H3/t12-,16+/m0/s1. The van der Waals surface area contributed by atoms with Gasteiger partial charge in [0.25, 0.3) is 5.69 Å². The van der Waals surface area contributed by atoms with Crippen molar-refractivity contribution in [2.75, 3.05) is 7.05 Å². The summed E-state index contributed by atoms with van der Waals surface area (Å²) in [6.07, 6.45) is 1.11. The highest BCUT2D eigenvalue weighted by Crippen LogP contribution is 2.47. The molecule has 0 aliphatic heterocycles. The zero-order chi connectivity index (χ0) is 18.2. The minimum atomic E-state index is -3.55. The van der Waals surface area contributed by atoms with Gasteiger partial charge in [0.1, 0.15) is 11.5 Å². The molecule has 1 aliphatic rings. The number of nitrogens with zero attached hydrogens (tertiary/aromatic N) is 2. The van der Waals surface area contributed by atoms with Gasteiger partial charge in [-0.05, 0) is 30.0 Å². The second-order valence-corrected chi connectivity index (χ2v) is 8.64. The van der Waals surface area contributed by atoms with Crippen molar-refractivity contribution in [1.82, 2.24) is 4.31 Å². The fourth-order valence-electron chi connectivity index (χ4n) is 2.75. The van der Waals surface area contributed by atoms with Gasteiger partial charge >= 0.3 is 0 Å². The van der Waals surface area contributed by atoms with Crippen molar-refractivity contribution >= 4 is 15.7 Å². The van der Waals surface area contributed by atoms with E-state index in [1.807, 2.05) is 12.1 Å². The molecule has 1 aliphatic carbocycles. The van der Waals surface area contributed by atoms with E-state index in [0.29, 0.717) is 23.2 Å². The average Bonchev–Trinajstić information content (AvgIpc) is 3.09. The van der Waals surface area contributed by atoms with E-state index in [1.165, 1.54) is 35.6 Å². The maximum Gasteiger partial charge on any atom is 0.269 e. The Kier molecular flexibility index (Phi) is 4.66. The summed E-state index contributed by atoms with van der Waals surface area (Å²) in [5.41, 5.74) is 0.441. The molecule has 0 amide bonds. The largest absolute Gasteiger partial charge is 0.464 e. The normalized spacial score (nSPS) is 20.0. The van der Waals surface area contributed by atoms with Crippen LogP contribution in [-0.2, 0) is 22.3 Å². The van der Waals surface area contributed by atoms with E-state index < -0.39 is 14.9 Å². The summed E-state index contributed by atoms with van der Waals surface area (Å²) in [5.74, 6) is 2.40. The molecule has 2 atom stereocenters. The molecule has 1 heterocycles. The van der Waals surface area contributed by atoms with Gasteiger partial charge in [0.15, 0.2) is 0 Å². The Labute approximate surface area is 146 Å². The van der Waals surface area contributed by atoms with Crippen molar-refractivity contribution in [3.8, 4) is 0 Å². The van der Waals surface area contributed by atoms with Gasteiger partial charge in [-0.15, -0.1) is 0 Å². The average molecular weight is 364 g/mol. The molecule has 25 heavy (non-hydrogen) atoms. The van der Waals surface area contributed by atoms with Gasteiger partial charge in [-0.3, -0.25) is 10.1 Å². The Bertz CT molecular complexity index is 873. The maximum absolute atomic E-state index is 12.5. The lowest BCUT2D eigenvalue weighted by Gasteiger charge is -2.16. The lowest BCUT2D eigenvalue weighted by molar-refractivity contribution is -0.384. The molecular weight excluding hydrogens is 344 g/mol. The molecule has 1 aromatic heterocycles. The maximum atomic E-state index is 12.5. The first kappa shape index (κ1) is 17.6. The quantitative estimate of drug-likeness (QED) is 0.555. The number of rotatable bonds is 7. The summed E-state index contributed by atoms with van der Waals surface area (Å²) < 4.78 is 32.0. The highest BCUT2D eigenvalue weighted by Gasteiger charge is 2.36. The van der Waals surface area contributed by atoms with Gasteiger partial charge in [0, 0.05) is 25.1 Å². The summed E-state index contributed by atoms with van der Waals surface area (Å²) >= 11 is 0. The number of nitro groups is 1. The molecule has 0 unspecified atom stereocenters. The molecule has 1 aromatic carbocycles. The second kappa shape index (κ2) is 6.61. The van der Waals surface area contributed by atoms with Crippen LogP contribution in [0.3, 0.4) is 0 Å². The summed E-state index contributed by atoms with van der Waals surface area (Å²) in [6.45, 7) is 2.32. The molecule has 0 bridgehead atoms. The van der Waals surface area contributed by atoms with E-state index in [4.69, 9.17) is 4.42 Å². The van der Waals surface area contributed by atoms with E-state index in [0.717, 1.165) is 12.2 Å². The lowest BCUT2D eigenvalue weighted by atomic mass is 10.2. The molecule has 7 nitrogen and oxygen atoms in total. The molecular formula is C17H20N2O5S. The van der Waals surface area contributed by atoms with Crippen LogP contribution in [0, 0.1) is 16.0 Å². The molecule has 0 N–H and O–H groups in total. The predicted molar refractivity (Wildman–Crippen MR) is 92.4 cm³/mol. The third-order valence-corrected chi connectivity index (χ3v) is 6.28. The highest BCUT2D eigenvalue weighted by atomic mass is 32.2. The zero-order valence-corrected chi connectivity index (χ0v) is 14.9. The molecule has 2 aromatic rings. The molecule has 1 fully saturated rings. The third-order valence-electron chi connectivity index (χ3n) is 4.51. The van der Waals surface area contributed by atoms with E-state index in [-0.39, 0.29) is 18.0 Å². The van der Waals surface area contributed by atoms with E-state index in [1.54, 1.807) is 0 Å². The molecule has 0 saturated heterocycles. The van der Waals surface area contributed by atoms with Crippen LogP contribution in [0.5, 0.6) is 0 Å². The Morgan fingerprint density at radius 1 is 1.24 bits per heavy atom. The minimum absolute atomic E-state index is 0.0630. The predicted octanol–water partition coefficient (Wildman–Crippen LogP) is 3.27.